The maximum atomic E-state index is 10.8. The molecule has 1 aliphatic heterocycles. The third-order valence-electron chi connectivity index (χ3n) is 2.87. The largest absolute Gasteiger partial charge is 0.480 e. The number of rotatable bonds is 1. The van der Waals surface area contributed by atoms with Gasteiger partial charge in [0.2, 0.25) is 0 Å². The molecule has 1 unspecified atom stereocenters. The van der Waals surface area contributed by atoms with Crippen molar-refractivity contribution in [2.75, 3.05) is 6.73 Å². The molecule has 1 heterocycles. The zero-order chi connectivity index (χ0) is 8.60. The Balaban J connectivity index is 2.17. The molecule has 1 saturated carbocycles. The predicted molar refractivity (Wildman–Crippen MR) is 41.7 cm³/mol. The van der Waals surface area contributed by atoms with Crippen LogP contribution in [-0.2, 0) is 9.53 Å². The number of ether oxygens (including phenoxy) is 1. The molecular weight excluding hydrogens is 158 g/mol. The molecule has 0 bridgehead atoms. The number of carbonyl (C=O) groups is 1. The number of nitrogens with one attached hydrogen (secondary N) is 1. The molecule has 1 saturated heterocycles. The summed E-state index contributed by atoms with van der Waals surface area (Å²) < 4.78 is 5.48. The third-order valence-corrected chi connectivity index (χ3v) is 2.87. The molecule has 2 N–H and O–H groups in total. The van der Waals surface area contributed by atoms with Crippen molar-refractivity contribution in [1.29, 1.82) is 0 Å². The van der Waals surface area contributed by atoms with Gasteiger partial charge in [-0.3, -0.25) is 10.1 Å². The minimum absolute atomic E-state index is 0.383. The van der Waals surface area contributed by atoms with Gasteiger partial charge in [0, 0.05) is 0 Å². The fourth-order valence-corrected chi connectivity index (χ4v) is 2.26. The Morgan fingerprint density at radius 2 is 2.17 bits per heavy atom. The lowest BCUT2D eigenvalue weighted by Gasteiger charge is -2.25. The zero-order valence-electron chi connectivity index (χ0n) is 6.88. The minimum atomic E-state index is -0.783. The number of hydrogen-bond acceptors (Lipinski definition) is 3. The molecule has 0 amide bonds. The Morgan fingerprint density at radius 1 is 1.50 bits per heavy atom. The molecule has 4 heteroatoms. The van der Waals surface area contributed by atoms with E-state index in [1.165, 1.54) is 0 Å². The van der Waals surface area contributed by atoms with Gasteiger partial charge in [0.25, 0.3) is 0 Å². The molecule has 0 aromatic rings. The van der Waals surface area contributed by atoms with Gasteiger partial charge in [-0.2, -0.15) is 0 Å². The molecule has 2 aliphatic rings. The van der Waals surface area contributed by atoms with Crippen LogP contribution in [0, 0.1) is 0 Å². The predicted octanol–water partition coefficient (Wildman–Crippen LogP) is 0.330. The number of hydrogen-bond donors (Lipinski definition) is 2. The molecule has 1 atom stereocenters. The maximum absolute atomic E-state index is 10.8. The monoisotopic (exact) mass is 171 g/mol. The van der Waals surface area contributed by atoms with Crippen LogP contribution in [0.4, 0.5) is 0 Å². The van der Waals surface area contributed by atoms with Gasteiger partial charge in [-0.25, -0.2) is 0 Å². The molecule has 2 rings (SSSR count). The molecule has 68 valence electrons. The van der Waals surface area contributed by atoms with Crippen LogP contribution in [0.3, 0.4) is 0 Å². The van der Waals surface area contributed by atoms with E-state index < -0.39 is 12.0 Å². The lowest BCUT2D eigenvalue weighted by Crippen LogP contribution is -2.47. The molecule has 1 aliphatic carbocycles. The van der Waals surface area contributed by atoms with Crippen molar-refractivity contribution in [2.45, 2.75) is 37.3 Å². The van der Waals surface area contributed by atoms with E-state index in [1.54, 1.807) is 0 Å². The zero-order valence-corrected chi connectivity index (χ0v) is 6.88. The molecule has 4 nitrogen and oxygen atoms in total. The second kappa shape index (κ2) is 2.71. The standard InChI is InChI=1S/C8H13NO3/c10-7(11)6-8(12-5-9-6)3-1-2-4-8/h6,9H,1-5H2,(H,10,11). The fourth-order valence-electron chi connectivity index (χ4n) is 2.26. The minimum Gasteiger partial charge on any atom is -0.480 e. The Kier molecular flexibility index (Phi) is 1.81. The topological polar surface area (TPSA) is 58.6 Å². The second-order valence-corrected chi connectivity index (χ2v) is 3.54. The Hall–Kier alpha value is -0.610. The molecule has 0 aromatic heterocycles. The van der Waals surface area contributed by atoms with Crippen molar-refractivity contribution in [3.05, 3.63) is 0 Å². The first kappa shape index (κ1) is 8.01. The van der Waals surface area contributed by atoms with Gasteiger partial charge in [0.05, 0.1) is 12.3 Å². The van der Waals surface area contributed by atoms with Gasteiger partial charge >= 0.3 is 5.97 Å². The van der Waals surface area contributed by atoms with E-state index in [0.717, 1.165) is 25.7 Å². The van der Waals surface area contributed by atoms with Gasteiger partial charge < -0.3 is 9.84 Å². The van der Waals surface area contributed by atoms with Gasteiger partial charge in [-0.1, -0.05) is 12.8 Å². The summed E-state index contributed by atoms with van der Waals surface area (Å²) in [5, 5.41) is 11.8. The second-order valence-electron chi connectivity index (χ2n) is 3.54. The van der Waals surface area contributed by atoms with Crippen LogP contribution in [-0.4, -0.2) is 29.4 Å². The average molecular weight is 171 g/mol. The van der Waals surface area contributed by atoms with E-state index in [4.69, 9.17) is 9.84 Å². The summed E-state index contributed by atoms with van der Waals surface area (Å²) in [4.78, 5) is 10.8. The maximum Gasteiger partial charge on any atom is 0.323 e. The Labute approximate surface area is 70.9 Å². The van der Waals surface area contributed by atoms with Crippen molar-refractivity contribution in [3.63, 3.8) is 0 Å². The van der Waals surface area contributed by atoms with Crippen molar-refractivity contribution < 1.29 is 14.6 Å². The first-order valence-electron chi connectivity index (χ1n) is 4.35. The molecule has 2 fully saturated rings. The van der Waals surface area contributed by atoms with Crippen LogP contribution in [0.2, 0.25) is 0 Å². The van der Waals surface area contributed by atoms with Crippen molar-refractivity contribution in [3.8, 4) is 0 Å². The van der Waals surface area contributed by atoms with Crippen LogP contribution in [0.25, 0.3) is 0 Å². The van der Waals surface area contributed by atoms with E-state index in [1.807, 2.05) is 0 Å². The normalized spacial score (nSPS) is 32.8. The van der Waals surface area contributed by atoms with E-state index in [9.17, 15) is 4.79 Å². The summed E-state index contributed by atoms with van der Waals surface area (Å²) in [6, 6.07) is -0.486. The van der Waals surface area contributed by atoms with Crippen LogP contribution in [0.1, 0.15) is 25.7 Å². The lowest BCUT2D eigenvalue weighted by molar-refractivity contribution is -0.143. The quantitative estimate of drug-likeness (QED) is 0.597. The molecular formula is C8H13NO3. The number of carboxylic acids is 1. The van der Waals surface area contributed by atoms with Crippen LogP contribution >= 0.6 is 0 Å². The van der Waals surface area contributed by atoms with Gasteiger partial charge in [0.1, 0.15) is 6.04 Å². The Bertz CT molecular complexity index is 193. The van der Waals surface area contributed by atoms with Crippen LogP contribution in [0.5, 0.6) is 0 Å². The highest BCUT2D eigenvalue weighted by Crippen LogP contribution is 2.38. The van der Waals surface area contributed by atoms with Crippen LogP contribution < -0.4 is 5.32 Å². The third kappa shape index (κ3) is 1.03. The fraction of sp³-hybridized carbons (Fsp3) is 0.875. The first-order chi connectivity index (χ1) is 5.75. The SMILES string of the molecule is O=C(O)C1NCOC12CCCC2. The lowest BCUT2D eigenvalue weighted by atomic mass is 9.93. The highest BCUT2D eigenvalue weighted by molar-refractivity contribution is 5.75. The number of carboxylic acid groups (broad SMARTS) is 1. The molecule has 12 heavy (non-hydrogen) atoms. The highest BCUT2D eigenvalue weighted by Gasteiger charge is 2.49. The summed E-state index contributed by atoms with van der Waals surface area (Å²) in [6.45, 7) is 0.386. The molecule has 1 spiro atoms. The summed E-state index contributed by atoms with van der Waals surface area (Å²) in [6.07, 6.45) is 3.95. The van der Waals surface area contributed by atoms with Gasteiger partial charge in [0.15, 0.2) is 0 Å². The van der Waals surface area contributed by atoms with E-state index >= 15 is 0 Å². The van der Waals surface area contributed by atoms with Crippen molar-refractivity contribution in [1.82, 2.24) is 5.32 Å². The van der Waals surface area contributed by atoms with E-state index in [0.29, 0.717) is 6.73 Å². The van der Waals surface area contributed by atoms with E-state index in [2.05, 4.69) is 5.32 Å². The molecule has 0 aromatic carbocycles. The summed E-state index contributed by atoms with van der Waals surface area (Å²) in [5.41, 5.74) is -0.383. The van der Waals surface area contributed by atoms with Gasteiger partial charge in [-0.05, 0) is 12.8 Å². The Morgan fingerprint density at radius 3 is 2.75 bits per heavy atom. The highest BCUT2D eigenvalue weighted by atomic mass is 16.5. The average Bonchev–Trinajstić information content (AvgIpc) is 2.61. The summed E-state index contributed by atoms with van der Waals surface area (Å²) in [7, 11) is 0. The van der Waals surface area contributed by atoms with Gasteiger partial charge in [-0.15, -0.1) is 0 Å². The smallest absolute Gasteiger partial charge is 0.323 e. The number of aliphatic carboxylic acids is 1. The summed E-state index contributed by atoms with van der Waals surface area (Å²) >= 11 is 0. The first-order valence-corrected chi connectivity index (χ1v) is 4.35. The van der Waals surface area contributed by atoms with Crippen LogP contribution in [0.15, 0.2) is 0 Å². The van der Waals surface area contributed by atoms with Crippen molar-refractivity contribution in [2.24, 2.45) is 0 Å². The van der Waals surface area contributed by atoms with Crippen molar-refractivity contribution >= 4 is 5.97 Å². The van der Waals surface area contributed by atoms with E-state index in [-0.39, 0.29) is 5.60 Å². The molecule has 0 radical (unpaired) electrons. The summed E-state index contributed by atoms with van der Waals surface area (Å²) in [5.74, 6) is -0.783.